The zero-order valence-electron chi connectivity index (χ0n) is 9.14. The highest BCUT2D eigenvalue weighted by atomic mass is 19.4. The molecule has 94 valence electrons. The molecule has 0 atom stereocenters. The topological polar surface area (TPSA) is 44.9 Å². The highest BCUT2D eigenvalue weighted by Gasteiger charge is 2.33. The van der Waals surface area contributed by atoms with Crippen molar-refractivity contribution in [3.63, 3.8) is 0 Å². The van der Waals surface area contributed by atoms with Gasteiger partial charge in [-0.15, -0.1) is 0 Å². The summed E-state index contributed by atoms with van der Waals surface area (Å²) in [4.78, 5) is 13.5. The number of aromatic amines is 1. The van der Waals surface area contributed by atoms with Gasteiger partial charge in [0.2, 0.25) is 5.56 Å². The first-order valence-corrected chi connectivity index (χ1v) is 5.03. The van der Waals surface area contributed by atoms with Gasteiger partial charge in [0.15, 0.2) is 0 Å². The van der Waals surface area contributed by atoms with Crippen LogP contribution in [0.3, 0.4) is 0 Å². The molecule has 0 radical (unpaired) electrons. The van der Waals surface area contributed by atoms with E-state index in [-0.39, 0.29) is 10.9 Å². The van der Waals surface area contributed by atoms with E-state index in [1.54, 1.807) is 6.07 Å². The molecule has 0 aliphatic heterocycles. The molecule has 1 aromatic heterocycles. The van der Waals surface area contributed by atoms with Crippen molar-refractivity contribution in [3.05, 3.63) is 53.0 Å². The lowest BCUT2D eigenvalue weighted by molar-refractivity contribution is -0.136. The summed E-state index contributed by atoms with van der Waals surface area (Å²) in [5.74, 6) is 0. The number of pyridine rings is 1. The second-order valence-electron chi connectivity index (χ2n) is 3.65. The van der Waals surface area contributed by atoms with Gasteiger partial charge in [0, 0.05) is 22.7 Å². The lowest BCUT2D eigenvalue weighted by Gasteiger charge is -2.11. The van der Waals surface area contributed by atoms with E-state index in [1.165, 1.54) is 18.3 Å². The van der Waals surface area contributed by atoms with Crippen molar-refractivity contribution >= 4 is 16.6 Å². The number of alkyl halides is 3. The minimum absolute atomic E-state index is 0.0612. The molecule has 3 nitrogen and oxygen atoms in total. The van der Waals surface area contributed by atoms with Gasteiger partial charge in [-0.1, -0.05) is 6.58 Å². The van der Waals surface area contributed by atoms with Crippen LogP contribution >= 0.6 is 0 Å². The van der Waals surface area contributed by atoms with E-state index >= 15 is 0 Å². The van der Waals surface area contributed by atoms with Gasteiger partial charge >= 0.3 is 6.18 Å². The second kappa shape index (κ2) is 4.21. The molecule has 0 fully saturated rings. The molecule has 2 N–H and O–H groups in total. The minimum atomic E-state index is -4.57. The molecule has 0 spiro atoms. The molecular formula is C12H9F3N2O. The Labute approximate surface area is 99.9 Å². The van der Waals surface area contributed by atoms with Gasteiger partial charge in [-0.25, -0.2) is 0 Å². The lowest BCUT2D eigenvalue weighted by Crippen LogP contribution is -2.13. The van der Waals surface area contributed by atoms with Gasteiger partial charge in [-0.3, -0.25) is 4.79 Å². The van der Waals surface area contributed by atoms with Crippen LogP contribution in [0.5, 0.6) is 0 Å². The van der Waals surface area contributed by atoms with Gasteiger partial charge in [0.25, 0.3) is 0 Å². The zero-order chi connectivity index (χ0) is 13.3. The van der Waals surface area contributed by atoms with Crippen molar-refractivity contribution in [3.8, 4) is 0 Å². The molecule has 0 amide bonds. The van der Waals surface area contributed by atoms with Gasteiger partial charge in [0.05, 0.1) is 5.56 Å². The largest absolute Gasteiger partial charge is 0.417 e. The number of halogens is 3. The number of H-pyrrole nitrogens is 1. The molecule has 0 aliphatic rings. The van der Waals surface area contributed by atoms with Crippen LogP contribution in [0, 0.1) is 0 Å². The van der Waals surface area contributed by atoms with Gasteiger partial charge in [-0.05, 0) is 24.4 Å². The summed E-state index contributed by atoms with van der Waals surface area (Å²) in [6, 6.07) is 4.84. The van der Waals surface area contributed by atoms with Crippen LogP contribution in [0.1, 0.15) is 5.56 Å². The third-order valence-electron chi connectivity index (χ3n) is 2.42. The number of fused-ring (bicyclic) bond motifs is 1. The van der Waals surface area contributed by atoms with Crippen molar-refractivity contribution in [1.29, 1.82) is 0 Å². The zero-order valence-corrected chi connectivity index (χ0v) is 9.14. The van der Waals surface area contributed by atoms with Crippen molar-refractivity contribution in [2.45, 2.75) is 6.18 Å². The first kappa shape index (κ1) is 12.2. The molecule has 0 bridgehead atoms. The molecule has 0 aliphatic carbocycles. The highest BCUT2D eigenvalue weighted by Crippen LogP contribution is 2.34. The molecule has 18 heavy (non-hydrogen) atoms. The molecular weight excluding hydrogens is 245 g/mol. The molecule has 6 heteroatoms. The number of aromatic nitrogens is 1. The van der Waals surface area contributed by atoms with E-state index in [9.17, 15) is 18.0 Å². The highest BCUT2D eigenvalue weighted by molar-refractivity contribution is 5.86. The number of anilines is 1. The van der Waals surface area contributed by atoms with Crippen molar-refractivity contribution in [2.75, 3.05) is 5.32 Å². The Kier molecular flexibility index (Phi) is 2.86. The summed E-state index contributed by atoms with van der Waals surface area (Å²) >= 11 is 0. The smallest absolute Gasteiger partial charge is 0.362 e. The summed E-state index contributed by atoms with van der Waals surface area (Å²) in [6.07, 6.45) is -3.21. The Morgan fingerprint density at radius 1 is 1.28 bits per heavy atom. The van der Waals surface area contributed by atoms with E-state index in [1.807, 2.05) is 0 Å². The van der Waals surface area contributed by atoms with Gasteiger partial charge < -0.3 is 10.3 Å². The second-order valence-corrected chi connectivity index (χ2v) is 3.65. The van der Waals surface area contributed by atoms with Gasteiger partial charge in [-0.2, -0.15) is 13.2 Å². The number of hydrogen-bond donors (Lipinski definition) is 2. The van der Waals surface area contributed by atoms with Gasteiger partial charge in [0.1, 0.15) is 0 Å². The number of rotatable bonds is 2. The van der Waals surface area contributed by atoms with Crippen LogP contribution in [0.15, 0.2) is 41.8 Å². The normalized spacial score (nSPS) is 11.5. The maximum atomic E-state index is 12.8. The first-order valence-electron chi connectivity index (χ1n) is 5.03. The predicted molar refractivity (Wildman–Crippen MR) is 63.4 cm³/mol. The van der Waals surface area contributed by atoms with Crippen LogP contribution in [-0.2, 0) is 6.18 Å². The summed E-state index contributed by atoms with van der Waals surface area (Å²) < 4.78 is 38.5. The average molecular weight is 254 g/mol. The van der Waals surface area contributed by atoms with E-state index in [0.717, 1.165) is 0 Å². The van der Waals surface area contributed by atoms with E-state index in [0.29, 0.717) is 11.8 Å². The van der Waals surface area contributed by atoms with E-state index in [2.05, 4.69) is 16.9 Å². The lowest BCUT2D eigenvalue weighted by atomic mass is 10.1. The monoisotopic (exact) mass is 254 g/mol. The summed E-state index contributed by atoms with van der Waals surface area (Å²) in [7, 11) is 0. The SMILES string of the molecule is C=CNc1ccc2[nH]c(=O)cc(C(F)(F)F)c2c1. The Balaban J connectivity index is 2.78. The fourth-order valence-electron chi connectivity index (χ4n) is 1.70. The van der Waals surface area contributed by atoms with Crippen LogP contribution in [0.25, 0.3) is 10.9 Å². The van der Waals surface area contributed by atoms with Crippen molar-refractivity contribution < 1.29 is 13.2 Å². The Morgan fingerprint density at radius 2 is 2.00 bits per heavy atom. The quantitative estimate of drug-likeness (QED) is 0.864. The fraction of sp³-hybridized carbons (Fsp3) is 0.0833. The summed E-state index contributed by atoms with van der Waals surface area (Å²) in [6.45, 7) is 3.43. The molecule has 0 saturated heterocycles. The minimum Gasteiger partial charge on any atom is -0.362 e. The fourth-order valence-corrected chi connectivity index (χ4v) is 1.70. The van der Waals surface area contributed by atoms with Crippen molar-refractivity contribution in [1.82, 2.24) is 4.98 Å². The molecule has 1 aromatic carbocycles. The summed E-state index contributed by atoms with van der Waals surface area (Å²) in [5, 5.41) is 2.64. The Bertz CT molecular complexity index is 658. The average Bonchev–Trinajstić information content (AvgIpc) is 2.27. The first-order chi connectivity index (χ1) is 8.41. The summed E-state index contributed by atoms with van der Waals surface area (Å²) in [5.41, 5.74) is -1.12. The van der Waals surface area contributed by atoms with Crippen LogP contribution in [-0.4, -0.2) is 4.98 Å². The molecule has 0 unspecified atom stereocenters. The van der Waals surface area contributed by atoms with E-state index < -0.39 is 17.3 Å². The molecule has 2 aromatic rings. The maximum absolute atomic E-state index is 12.8. The third kappa shape index (κ3) is 2.22. The Hall–Kier alpha value is -2.24. The van der Waals surface area contributed by atoms with E-state index in [4.69, 9.17) is 0 Å². The number of hydrogen-bond acceptors (Lipinski definition) is 2. The van der Waals surface area contributed by atoms with Crippen LogP contribution in [0.2, 0.25) is 0 Å². The van der Waals surface area contributed by atoms with Crippen LogP contribution < -0.4 is 10.9 Å². The molecule has 2 rings (SSSR count). The van der Waals surface area contributed by atoms with Crippen LogP contribution in [0.4, 0.5) is 18.9 Å². The standard InChI is InChI=1S/C12H9F3N2O/c1-2-16-7-3-4-10-8(5-7)9(12(13,14)15)6-11(18)17-10/h2-6,16H,1H2,(H,17,18). The maximum Gasteiger partial charge on any atom is 0.417 e. The van der Waals surface area contributed by atoms with Crippen molar-refractivity contribution in [2.24, 2.45) is 0 Å². The molecule has 0 saturated carbocycles. The number of benzene rings is 1. The third-order valence-corrected chi connectivity index (χ3v) is 2.42. The Morgan fingerprint density at radius 3 is 2.61 bits per heavy atom. The predicted octanol–water partition coefficient (Wildman–Crippen LogP) is 3.10. The number of nitrogens with one attached hydrogen (secondary N) is 2. The molecule has 1 heterocycles.